The maximum Gasteiger partial charge on any atom is 0.265 e. The average Bonchev–Trinajstić information content (AvgIpc) is 3.19. The summed E-state index contributed by atoms with van der Waals surface area (Å²) in [4.78, 5) is 23.0. The summed E-state index contributed by atoms with van der Waals surface area (Å²) in [6, 6.07) is 13.5. The maximum absolute atomic E-state index is 12.3. The molecule has 0 spiro atoms. The van der Waals surface area contributed by atoms with Gasteiger partial charge in [-0.05, 0) is 49.7 Å². The fourth-order valence-corrected chi connectivity index (χ4v) is 3.55. The Labute approximate surface area is 149 Å². The summed E-state index contributed by atoms with van der Waals surface area (Å²) in [5.74, 6) is 0.651. The summed E-state index contributed by atoms with van der Waals surface area (Å²) in [5.41, 5.74) is 3.72. The van der Waals surface area contributed by atoms with Gasteiger partial charge in [-0.2, -0.15) is 0 Å². The Hall–Kier alpha value is -2.99. The zero-order valence-electron chi connectivity index (χ0n) is 13.9. The summed E-state index contributed by atoms with van der Waals surface area (Å²) in [6.07, 6.45) is 3.41. The van der Waals surface area contributed by atoms with Crippen molar-refractivity contribution in [3.05, 3.63) is 70.3 Å². The minimum Gasteiger partial charge on any atom is -0.320 e. The second kappa shape index (κ2) is 6.14. The van der Waals surface area contributed by atoms with Crippen LogP contribution in [-0.4, -0.2) is 20.4 Å². The highest BCUT2D eigenvalue weighted by Crippen LogP contribution is 2.22. The van der Waals surface area contributed by atoms with Gasteiger partial charge in [-0.1, -0.05) is 12.1 Å². The number of nitrogens with zero attached hydrogens (tertiary/aromatic N) is 3. The number of hydrogen-bond donors (Lipinski definition) is 1. The summed E-state index contributed by atoms with van der Waals surface area (Å²) in [5, 5.41) is 2.89. The number of fused-ring (bicyclic) bond motifs is 1. The predicted octanol–water partition coefficient (Wildman–Crippen LogP) is 4.35. The van der Waals surface area contributed by atoms with Crippen LogP contribution in [0.15, 0.2) is 55.0 Å². The number of nitrogens with one attached hydrogen (secondary N) is 1. The van der Waals surface area contributed by atoms with Crippen molar-refractivity contribution in [3.63, 3.8) is 0 Å². The molecule has 6 heteroatoms. The van der Waals surface area contributed by atoms with Crippen molar-refractivity contribution < 1.29 is 4.79 Å². The summed E-state index contributed by atoms with van der Waals surface area (Å²) in [7, 11) is 0. The van der Waals surface area contributed by atoms with E-state index in [4.69, 9.17) is 0 Å². The molecule has 0 unspecified atom stereocenters. The summed E-state index contributed by atoms with van der Waals surface area (Å²) in [6.45, 7) is 4.02. The molecule has 25 heavy (non-hydrogen) atoms. The van der Waals surface area contributed by atoms with E-state index in [1.165, 1.54) is 11.3 Å². The lowest BCUT2D eigenvalue weighted by atomic mass is 10.3. The molecule has 0 saturated carbocycles. The molecule has 3 aromatic heterocycles. The van der Waals surface area contributed by atoms with Gasteiger partial charge in [-0.25, -0.2) is 9.97 Å². The second-order valence-electron chi connectivity index (χ2n) is 5.81. The molecule has 1 aromatic carbocycles. The average molecular weight is 348 g/mol. The Bertz CT molecular complexity index is 1040. The van der Waals surface area contributed by atoms with Crippen LogP contribution in [0.3, 0.4) is 0 Å². The number of pyridine rings is 1. The van der Waals surface area contributed by atoms with Gasteiger partial charge in [0, 0.05) is 4.88 Å². The molecule has 0 bridgehead atoms. The van der Waals surface area contributed by atoms with Gasteiger partial charge in [0.2, 0.25) is 0 Å². The van der Waals surface area contributed by atoms with Crippen molar-refractivity contribution in [2.75, 3.05) is 5.32 Å². The van der Waals surface area contributed by atoms with Crippen molar-refractivity contribution in [1.29, 1.82) is 0 Å². The molecular weight excluding hydrogens is 332 g/mol. The molecule has 0 aliphatic rings. The van der Waals surface area contributed by atoms with Gasteiger partial charge in [0.1, 0.15) is 12.1 Å². The third kappa shape index (κ3) is 2.92. The number of benzene rings is 1. The lowest BCUT2D eigenvalue weighted by Gasteiger charge is -2.06. The van der Waals surface area contributed by atoms with Crippen LogP contribution in [0.5, 0.6) is 0 Å². The predicted molar refractivity (Wildman–Crippen MR) is 101 cm³/mol. The molecule has 0 fully saturated rings. The van der Waals surface area contributed by atoms with E-state index in [0.29, 0.717) is 10.6 Å². The molecule has 4 rings (SSSR count). The van der Waals surface area contributed by atoms with E-state index >= 15 is 0 Å². The molecule has 3 heterocycles. The van der Waals surface area contributed by atoms with E-state index in [0.717, 1.165) is 27.3 Å². The van der Waals surface area contributed by atoms with Crippen molar-refractivity contribution in [2.24, 2.45) is 0 Å². The zero-order valence-corrected chi connectivity index (χ0v) is 14.7. The first-order valence-electron chi connectivity index (χ1n) is 7.89. The number of carbonyl (C=O) groups is 1. The monoisotopic (exact) mass is 348 g/mol. The smallest absolute Gasteiger partial charge is 0.265 e. The Morgan fingerprint density at radius 2 is 1.96 bits per heavy atom. The van der Waals surface area contributed by atoms with Crippen LogP contribution in [0, 0.1) is 13.8 Å². The third-order valence-electron chi connectivity index (χ3n) is 4.10. The van der Waals surface area contributed by atoms with Crippen LogP contribution in [0.25, 0.3) is 16.9 Å². The lowest BCUT2D eigenvalue weighted by Crippen LogP contribution is -2.10. The molecule has 0 aliphatic carbocycles. The molecular formula is C19H16N4OS. The van der Waals surface area contributed by atoms with Crippen molar-refractivity contribution in [1.82, 2.24) is 14.5 Å². The van der Waals surface area contributed by atoms with Gasteiger partial charge >= 0.3 is 0 Å². The number of rotatable bonds is 3. The SMILES string of the molecule is Cc1cc(C(=O)Nc2ccc(-n3cnc4ccccc43)nc2)sc1C. The van der Waals surface area contributed by atoms with Crippen LogP contribution in [-0.2, 0) is 0 Å². The van der Waals surface area contributed by atoms with Gasteiger partial charge in [-0.15, -0.1) is 11.3 Å². The number of aryl methyl sites for hydroxylation is 2. The number of imidazole rings is 1. The van der Waals surface area contributed by atoms with E-state index in [1.54, 1.807) is 12.5 Å². The van der Waals surface area contributed by atoms with Gasteiger partial charge < -0.3 is 5.32 Å². The molecule has 1 N–H and O–H groups in total. The lowest BCUT2D eigenvalue weighted by molar-refractivity contribution is 0.103. The molecule has 0 aliphatic heterocycles. The first-order valence-corrected chi connectivity index (χ1v) is 8.70. The molecule has 124 valence electrons. The van der Waals surface area contributed by atoms with Crippen molar-refractivity contribution in [2.45, 2.75) is 13.8 Å². The number of hydrogen-bond acceptors (Lipinski definition) is 4. The molecule has 4 aromatic rings. The van der Waals surface area contributed by atoms with Gasteiger partial charge in [0.15, 0.2) is 0 Å². The van der Waals surface area contributed by atoms with Crippen LogP contribution in [0.1, 0.15) is 20.1 Å². The van der Waals surface area contributed by atoms with Gasteiger partial charge in [0.05, 0.1) is 27.8 Å². The highest BCUT2D eigenvalue weighted by molar-refractivity contribution is 7.14. The first kappa shape index (κ1) is 15.5. The van der Waals surface area contributed by atoms with Crippen LogP contribution in [0.4, 0.5) is 5.69 Å². The molecule has 5 nitrogen and oxygen atoms in total. The Balaban J connectivity index is 1.57. The fourth-order valence-electron chi connectivity index (χ4n) is 2.62. The number of thiophene rings is 1. The molecule has 0 saturated heterocycles. The number of aromatic nitrogens is 3. The number of anilines is 1. The fraction of sp³-hybridized carbons (Fsp3) is 0.105. The van der Waals surface area contributed by atoms with E-state index < -0.39 is 0 Å². The number of amides is 1. The molecule has 1 amide bonds. The quantitative estimate of drug-likeness (QED) is 0.599. The number of para-hydroxylation sites is 2. The summed E-state index contributed by atoms with van der Waals surface area (Å²) >= 11 is 1.50. The third-order valence-corrected chi connectivity index (χ3v) is 5.25. The Kier molecular flexibility index (Phi) is 3.82. The van der Waals surface area contributed by atoms with E-state index in [2.05, 4.69) is 15.3 Å². The zero-order chi connectivity index (χ0) is 17.4. The van der Waals surface area contributed by atoms with Crippen molar-refractivity contribution >= 4 is 34.0 Å². The van der Waals surface area contributed by atoms with E-state index in [1.807, 2.05) is 60.9 Å². The highest BCUT2D eigenvalue weighted by Gasteiger charge is 2.11. The first-order chi connectivity index (χ1) is 12.1. The Morgan fingerprint density at radius 1 is 1.12 bits per heavy atom. The van der Waals surface area contributed by atoms with Crippen LogP contribution < -0.4 is 5.32 Å². The minimum absolute atomic E-state index is 0.108. The van der Waals surface area contributed by atoms with Gasteiger partial charge in [0.25, 0.3) is 5.91 Å². The highest BCUT2D eigenvalue weighted by atomic mass is 32.1. The normalized spacial score (nSPS) is 11.0. The largest absolute Gasteiger partial charge is 0.320 e. The number of carbonyl (C=O) groups excluding carboxylic acids is 1. The van der Waals surface area contributed by atoms with Crippen LogP contribution in [0.2, 0.25) is 0 Å². The topological polar surface area (TPSA) is 59.8 Å². The minimum atomic E-state index is -0.108. The van der Waals surface area contributed by atoms with Gasteiger partial charge in [-0.3, -0.25) is 9.36 Å². The van der Waals surface area contributed by atoms with E-state index in [-0.39, 0.29) is 5.91 Å². The van der Waals surface area contributed by atoms with Crippen LogP contribution >= 0.6 is 11.3 Å². The molecule has 0 radical (unpaired) electrons. The van der Waals surface area contributed by atoms with E-state index in [9.17, 15) is 4.79 Å². The Morgan fingerprint density at radius 3 is 2.68 bits per heavy atom. The summed E-state index contributed by atoms with van der Waals surface area (Å²) < 4.78 is 1.92. The standard InChI is InChI=1S/C19H16N4OS/c1-12-9-17(25-13(12)2)19(24)22-14-7-8-18(20-10-14)23-11-21-15-5-3-4-6-16(15)23/h3-11H,1-2H3,(H,22,24). The maximum atomic E-state index is 12.3. The van der Waals surface area contributed by atoms with Crippen molar-refractivity contribution in [3.8, 4) is 5.82 Å². The molecule has 0 atom stereocenters. The second-order valence-corrected chi connectivity index (χ2v) is 7.07.